The summed E-state index contributed by atoms with van der Waals surface area (Å²) >= 11 is 8.55. The lowest BCUT2D eigenvalue weighted by molar-refractivity contribution is -0.113. The molecule has 0 saturated heterocycles. The number of carbonyl (C=O) groups is 2. The molecule has 2 heterocycles. The third-order valence-corrected chi connectivity index (χ3v) is 7.52. The second-order valence-corrected chi connectivity index (χ2v) is 10.0. The molecule has 0 radical (unpaired) electrons. The van der Waals surface area contributed by atoms with Crippen molar-refractivity contribution in [3.63, 3.8) is 0 Å². The molecule has 1 amide bonds. The van der Waals surface area contributed by atoms with Crippen LogP contribution in [0.15, 0.2) is 59.1 Å². The fraction of sp³-hybridized carbons (Fsp3) is 0.200. The van der Waals surface area contributed by atoms with Crippen molar-refractivity contribution in [3.8, 4) is 16.9 Å². The number of anilines is 1. The topological polar surface area (TPSA) is 95.3 Å². The van der Waals surface area contributed by atoms with Crippen LogP contribution in [0.25, 0.3) is 11.1 Å². The minimum absolute atomic E-state index is 0.0239. The Morgan fingerprint density at radius 3 is 2.62 bits per heavy atom. The highest BCUT2D eigenvalue weighted by atomic mass is 35.5. The van der Waals surface area contributed by atoms with E-state index in [0.29, 0.717) is 37.9 Å². The first-order valence-corrected chi connectivity index (χ1v) is 13.2. The van der Waals surface area contributed by atoms with Crippen molar-refractivity contribution in [2.45, 2.75) is 18.2 Å². The van der Waals surface area contributed by atoms with Crippen LogP contribution in [0.3, 0.4) is 0 Å². The molecule has 2 aromatic heterocycles. The Labute approximate surface area is 225 Å². The second kappa shape index (κ2) is 11.8. The van der Waals surface area contributed by atoms with Crippen LogP contribution in [0.2, 0.25) is 5.02 Å². The van der Waals surface area contributed by atoms with E-state index in [1.165, 1.54) is 42.3 Å². The largest absolute Gasteiger partial charge is 0.481 e. The molecule has 37 heavy (non-hydrogen) atoms. The summed E-state index contributed by atoms with van der Waals surface area (Å²) < 4.78 is 25.9. The van der Waals surface area contributed by atoms with Gasteiger partial charge in [0.05, 0.1) is 17.9 Å². The Balaban J connectivity index is 1.43. The highest BCUT2D eigenvalue weighted by Gasteiger charge is 2.23. The number of carbonyl (C=O) groups excluding carboxylic acids is 2. The number of nitrogens with one attached hydrogen (secondary N) is 1. The van der Waals surface area contributed by atoms with Crippen molar-refractivity contribution < 1.29 is 23.5 Å². The van der Waals surface area contributed by atoms with Gasteiger partial charge in [-0.15, -0.1) is 21.5 Å². The predicted octanol–water partition coefficient (Wildman–Crippen LogP) is 5.99. The van der Waals surface area contributed by atoms with Gasteiger partial charge in [-0.05, 0) is 36.8 Å². The van der Waals surface area contributed by atoms with Crippen molar-refractivity contribution in [1.29, 1.82) is 0 Å². The molecule has 0 saturated carbocycles. The van der Waals surface area contributed by atoms with Crippen LogP contribution in [0.5, 0.6) is 5.75 Å². The molecular formula is C25H22ClFN4O4S2. The Kier molecular flexibility index (Phi) is 8.47. The van der Waals surface area contributed by atoms with Gasteiger partial charge in [0, 0.05) is 18.0 Å². The molecule has 0 fully saturated rings. The number of methoxy groups -OCH3 is 1. The van der Waals surface area contributed by atoms with Crippen LogP contribution in [-0.2, 0) is 16.6 Å². The summed E-state index contributed by atoms with van der Waals surface area (Å²) in [7, 11) is 3.05. The van der Waals surface area contributed by atoms with E-state index in [-0.39, 0.29) is 23.0 Å². The molecule has 0 bridgehead atoms. The first kappa shape index (κ1) is 26.6. The molecule has 8 nitrogen and oxygen atoms in total. The smallest absolute Gasteiger partial charge is 0.341 e. The zero-order valence-electron chi connectivity index (χ0n) is 20.0. The minimum Gasteiger partial charge on any atom is -0.481 e. The highest BCUT2D eigenvalue weighted by molar-refractivity contribution is 7.99. The van der Waals surface area contributed by atoms with Gasteiger partial charge < -0.3 is 19.4 Å². The predicted molar refractivity (Wildman–Crippen MR) is 142 cm³/mol. The van der Waals surface area contributed by atoms with Crippen LogP contribution in [0.4, 0.5) is 9.39 Å². The number of amides is 1. The van der Waals surface area contributed by atoms with E-state index in [2.05, 4.69) is 15.5 Å². The molecule has 12 heteroatoms. The maximum absolute atomic E-state index is 13.3. The molecule has 0 aliphatic carbocycles. The summed E-state index contributed by atoms with van der Waals surface area (Å²) in [5, 5.41) is 14.2. The number of hydrogen-bond acceptors (Lipinski definition) is 8. The fourth-order valence-electron chi connectivity index (χ4n) is 3.48. The Hall–Kier alpha value is -3.41. The number of halogens is 2. The Morgan fingerprint density at radius 1 is 1.19 bits per heavy atom. The molecule has 1 atom stereocenters. The Morgan fingerprint density at radius 2 is 1.92 bits per heavy atom. The molecule has 1 unspecified atom stereocenters. The van der Waals surface area contributed by atoms with Crippen molar-refractivity contribution in [2.75, 3.05) is 18.2 Å². The molecule has 0 spiro atoms. The maximum atomic E-state index is 13.3. The van der Waals surface area contributed by atoms with Crippen LogP contribution in [-0.4, -0.2) is 39.5 Å². The molecule has 0 aliphatic heterocycles. The highest BCUT2D eigenvalue weighted by Crippen LogP contribution is 2.36. The van der Waals surface area contributed by atoms with Gasteiger partial charge in [-0.2, -0.15) is 0 Å². The van der Waals surface area contributed by atoms with E-state index in [1.54, 1.807) is 41.3 Å². The van der Waals surface area contributed by atoms with Gasteiger partial charge >= 0.3 is 5.97 Å². The third kappa shape index (κ3) is 6.12. The van der Waals surface area contributed by atoms with Gasteiger partial charge in [-0.1, -0.05) is 47.6 Å². The lowest BCUT2D eigenvalue weighted by atomic mass is 10.0. The van der Waals surface area contributed by atoms with Crippen molar-refractivity contribution in [3.05, 3.63) is 76.1 Å². The minimum atomic E-state index is -0.603. The normalized spacial score (nSPS) is 11.7. The van der Waals surface area contributed by atoms with Crippen LogP contribution < -0.4 is 10.1 Å². The first-order chi connectivity index (χ1) is 17.8. The molecule has 1 N–H and O–H groups in total. The fourth-order valence-corrected chi connectivity index (χ4v) is 5.35. The van der Waals surface area contributed by atoms with Crippen LogP contribution in [0, 0.1) is 5.82 Å². The summed E-state index contributed by atoms with van der Waals surface area (Å²) in [4.78, 5) is 25.2. The molecule has 2 aromatic carbocycles. The van der Waals surface area contributed by atoms with Gasteiger partial charge in [0.15, 0.2) is 17.1 Å². The number of rotatable bonds is 9. The van der Waals surface area contributed by atoms with Gasteiger partial charge in [0.2, 0.25) is 5.91 Å². The van der Waals surface area contributed by atoms with Crippen LogP contribution in [0.1, 0.15) is 29.2 Å². The number of thioether (sulfide) groups is 1. The second-order valence-electron chi connectivity index (χ2n) is 7.78. The summed E-state index contributed by atoms with van der Waals surface area (Å²) in [5.74, 6) is -0.207. The van der Waals surface area contributed by atoms with E-state index < -0.39 is 12.1 Å². The molecule has 0 aliphatic rings. The maximum Gasteiger partial charge on any atom is 0.341 e. The molecule has 4 aromatic rings. The van der Waals surface area contributed by atoms with Crippen molar-refractivity contribution in [2.24, 2.45) is 7.05 Å². The first-order valence-electron chi connectivity index (χ1n) is 11.0. The van der Waals surface area contributed by atoms with Crippen LogP contribution >= 0.6 is 34.7 Å². The van der Waals surface area contributed by atoms with Gasteiger partial charge in [-0.25, -0.2) is 9.18 Å². The summed E-state index contributed by atoms with van der Waals surface area (Å²) in [5.41, 5.74) is 1.39. The zero-order chi connectivity index (χ0) is 26.5. The van der Waals surface area contributed by atoms with Gasteiger partial charge in [0.1, 0.15) is 22.1 Å². The lowest BCUT2D eigenvalue weighted by Crippen LogP contribution is -2.16. The van der Waals surface area contributed by atoms with Gasteiger partial charge in [-0.3, -0.25) is 4.79 Å². The summed E-state index contributed by atoms with van der Waals surface area (Å²) in [6.45, 7) is 1.83. The number of aromatic nitrogens is 3. The Bertz CT molecular complexity index is 1420. The summed E-state index contributed by atoms with van der Waals surface area (Å²) in [6, 6.07) is 12.9. The standard InChI is InChI=1S/C25H22ClFN4O4S2/c1-14(35-19-7-5-4-6-18(19)26)22-29-30-25(31(22)2)37-13-20(32)28-23-21(24(33)34-3)17(12-36-23)15-8-10-16(27)11-9-15/h4-12,14H,13H2,1-3H3,(H,28,32). The van der Waals surface area contributed by atoms with E-state index in [1.807, 2.05) is 19.1 Å². The average Bonchev–Trinajstić information content (AvgIpc) is 3.47. The van der Waals surface area contributed by atoms with Crippen molar-refractivity contribution >= 4 is 51.6 Å². The number of esters is 1. The lowest BCUT2D eigenvalue weighted by Gasteiger charge is -2.15. The quantitative estimate of drug-likeness (QED) is 0.198. The SMILES string of the molecule is COC(=O)c1c(-c2ccc(F)cc2)csc1NC(=O)CSc1nnc(C(C)Oc2ccccc2Cl)n1C. The molecular weight excluding hydrogens is 539 g/mol. The van der Waals surface area contributed by atoms with E-state index in [0.717, 1.165) is 0 Å². The number of thiophene rings is 1. The van der Waals surface area contributed by atoms with E-state index in [9.17, 15) is 14.0 Å². The monoisotopic (exact) mass is 560 g/mol. The van der Waals surface area contributed by atoms with Gasteiger partial charge in [0.25, 0.3) is 0 Å². The number of para-hydroxylation sites is 1. The number of nitrogens with zero attached hydrogens (tertiary/aromatic N) is 3. The van der Waals surface area contributed by atoms with E-state index in [4.69, 9.17) is 21.1 Å². The zero-order valence-corrected chi connectivity index (χ0v) is 22.4. The number of hydrogen-bond donors (Lipinski definition) is 1. The molecule has 4 rings (SSSR count). The average molecular weight is 561 g/mol. The van der Waals surface area contributed by atoms with E-state index >= 15 is 0 Å². The number of ether oxygens (including phenoxy) is 2. The number of benzene rings is 2. The van der Waals surface area contributed by atoms with Crippen molar-refractivity contribution in [1.82, 2.24) is 14.8 Å². The summed E-state index contributed by atoms with van der Waals surface area (Å²) in [6.07, 6.45) is -0.431. The molecule has 192 valence electrons. The third-order valence-electron chi connectivity index (χ3n) is 5.29.